The topological polar surface area (TPSA) is 359 Å². The van der Waals surface area contributed by atoms with Crippen LogP contribution < -0.4 is 5.32 Å². The Morgan fingerprint density at radius 2 is 0.909 bits per heavy atom. The number of unbranched alkanes of at least 4 members (excludes halogenated alkanes) is 1. The van der Waals surface area contributed by atoms with E-state index in [0.717, 1.165) is 115 Å². The van der Waals surface area contributed by atoms with Crippen molar-refractivity contribution in [1.82, 2.24) is 5.32 Å². The zero-order valence-electron chi connectivity index (χ0n) is 71.9. The van der Waals surface area contributed by atoms with Gasteiger partial charge in [0.05, 0.1) is 152 Å². The number of nitrogens with one attached hydrogen (secondary N) is 1. The van der Waals surface area contributed by atoms with E-state index in [2.05, 4.69) is 93.9 Å². The summed E-state index contributed by atoms with van der Waals surface area (Å²) in [6.07, 6.45) is 18.3. The van der Waals surface area contributed by atoms with E-state index in [4.69, 9.17) is 92.5 Å². The molecule has 638 valence electrons. The third-order valence-electron chi connectivity index (χ3n) is 16.7. The Bertz CT molecular complexity index is 2500. The zero-order valence-corrected chi connectivity index (χ0v) is 71.9. The second kappa shape index (κ2) is 83.1. The number of nitriles is 4. The van der Waals surface area contributed by atoms with E-state index < -0.39 is 24.0 Å². The third-order valence-corrected chi connectivity index (χ3v) is 16.7. The van der Waals surface area contributed by atoms with Crippen molar-refractivity contribution in [2.45, 2.75) is 303 Å². The summed E-state index contributed by atoms with van der Waals surface area (Å²) in [4.78, 5) is 65.6. The van der Waals surface area contributed by atoms with Crippen LogP contribution in [0.4, 0.5) is 4.79 Å². The quantitative estimate of drug-likeness (QED) is 0.0247. The highest BCUT2D eigenvalue weighted by Crippen LogP contribution is 2.44. The molecule has 1 amide bonds. The molecule has 0 aromatic carbocycles. The minimum Gasteiger partial charge on any atom is -0.462 e. The molecule has 26 heteroatoms. The van der Waals surface area contributed by atoms with Crippen LogP contribution >= 0.6 is 0 Å². The lowest BCUT2D eigenvalue weighted by atomic mass is 9.67. The van der Waals surface area contributed by atoms with Gasteiger partial charge in [0.15, 0.2) is 0 Å². The smallest absolute Gasteiger partial charge is 0.407 e. The molecular formula is C84H151N5O21. The van der Waals surface area contributed by atoms with Gasteiger partial charge >= 0.3 is 35.9 Å². The Labute approximate surface area is 665 Å². The largest absolute Gasteiger partial charge is 0.462 e. The molecule has 1 aliphatic rings. The van der Waals surface area contributed by atoms with Gasteiger partial charge in [0.2, 0.25) is 0 Å². The van der Waals surface area contributed by atoms with Crippen molar-refractivity contribution in [3.8, 4) is 24.3 Å². The van der Waals surface area contributed by atoms with Gasteiger partial charge in [0.1, 0.15) is 31.8 Å². The van der Waals surface area contributed by atoms with Gasteiger partial charge in [-0.15, -0.1) is 0 Å². The lowest BCUT2D eigenvalue weighted by molar-refractivity contribution is -0.158. The molecule has 1 aliphatic carbocycles. The number of aliphatic hydroxyl groups excluding tert-OH is 1. The standard InChI is InChI=1S/C16H28O2.C12H22O3.C10H18N2O3.C10H19NO2.C9H15NO3.C9H17NO2.2C9H16O3/c1-7-15(4,5)13-8-10-16(6,11-9-13)18-14(17)12(2)3;1-5-11(4)14-8-6-7-9-15-12(13)10(2)3;1-3-9(2)14-7-8-15-10(13)12-6-4-5-11;1-3-10(2)13-9-5-8-12-7-4-6-11;1-3-8(2)12-6-7-13-9(11)4-5-10;1-3-9(2)12-8-7-11-6-4-5-10;1-4-7(2)6-12-9(11)8(3)5-10;1-4-8(3)11-6-7-12-9(10)5-2/h13H,2,7-11H2,1,3-6H3;11H,2,5-9H2,1,3-4H3;9H,3-4,6-8H2,1-2H3,(H,12,13);10H,3-5,7-9H2,1-2H3;8H,3-4,6-7H2,1-2H3;9H,3-4,6-8H2,1-2H3;7,10H,3-6H2,1-2H3;5,8H,2,4,6-7H2,1,3H3. The number of esters is 5. The minimum atomic E-state index is -0.502. The zero-order chi connectivity index (χ0) is 85.4. The lowest BCUT2D eigenvalue weighted by Gasteiger charge is -2.43. The Balaban J connectivity index is -0.000000221. The molecule has 0 spiro atoms. The maximum Gasteiger partial charge on any atom is 0.407 e. The van der Waals surface area contributed by atoms with Gasteiger partial charge in [-0.2, -0.15) is 21.0 Å². The van der Waals surface area contributed by atoms with E-state index in [-0.39, 0.29) is 67.7 Å². The highest BCUT2D eigenvalue weighted by Gasteiger charge is 2.39. The van der Waals surface area contributed by atoms with Crippen molar-refractivity contribution < 1.29 is 100 Å². The molecule has 1 rings (SSSR count). The number of hydrogen-bond acceptors (Lipinski definition) is 25. The van der Waals surface area contributed by atoms with Crippen LogP contribution in [0.2, 0.25) is 0 Å². The van der Waals surface area contributed by atoms with Crippen molar-refractivity contribution in [3.63, 3.8) is 0 Å². The number of ether oxygens (including phenoxy) is 14. The lowest BCUT2D eigenvalue weighted by Crippen LogP contribution is -2.39. The Morgan fingerprint density at radius 1 is 0.500 bits per heavy atom. The van der Waals surface area contributed by atoms with Crippen LogP contribution in [0, 0.1) is 62.6 Å². The van der Waals surface area contributed by atoms with E-state index in [1.165, 1.54) is 6.42 Å². The maximum absolute atomic E-state index is 11.6. The van der Waals surface area contributed by atoms with Crippen LogP contribution in [0.1, 0.15) is 260 Å². The summed E-state index contributed by atoms with van der Waals surface area (Å²) < 4.78 is 72.0. The molecule has 0 heterocycles. The summed E-state index contributed by atoms with van der Waals surface area (Å²) in [7, 11) is 0. The number of nitrogens with zero attached hydrogens (tertiary/aromatic N) is 4. The van der Waals surface area contributed by atoms with E-state index in [1.807, 2.05) is 80.5 Å². The molecule has 0 aliphatic heterocycles. The van der Waals surface area contributed by atoms with Gasteiger partial charge in [-0.3, -0.25) is 4.79 Å². The minimum absolute atomic E-state index is 0.110. The van der Waals surface area contributed by atoms with Crippen molar-refractivity contribution in [1.29, 1.82) is 21.0 Å². The molecule has 7 unspecified atom stereocenters. The summed E-state index contributed by atoms with van der Waals surface area (Å²) in [5, 5.41) is 43.7. The first-order valence-electron chi connectivity index (χ1n) is 39.5. The molecule has 110 heavy (non-hydrogen) atoms. The third kappa shape index (κ3) is 85.2. The molecule has 7 atom stereocenters. The number of alkyl carbamates (subject to hydrolysis) is 1. The first-order valence-corrected chi connectivity index (χ1v) is 39.5. The van der Waals surface area contributed by atoms with Crippen LogP contribution in [-0.2, 0) is 90.3 Å². The molecule has 1 fully saturated rings. The second-order valence-electron chi connectivity index (χ2n) is 27.1. The SMILES string of the molecule is C=C(C)C(=O)OC1(C)CCC(C(C)(C)CC)CC1.C=C(C)C(=O)OCCCCOC(C)CC.C=C(CO)C(=O)OCC(C)CC.C=CC(=O)OCCOC(C)CC.CCC(C)OCCCOCCC#N.CCC(C)OCCOC(=O)CC#N.CCC(C)OCCOC(=O)NCCC#N.CCC(C)OCCOCCC#N. The van der Waals surface area contributed by atoms with Crippen LogP contribution in [0.25, 0.3) is 0 Å². The van der Waals surface area contributed by atoms with E-state index in [1.54, 1.807) is 19.9 Å². The van der Waals surface area contributed by atoms with Crippen LogP contribution in [-0.4, -0.2) is 196 Å². The number of carbonyl (C=O) groups excluding carboxylic acids is 6. The highest BCUT2D eigenvalue weighted by molar-refractivity contribution is 5.88. The predicted molar refractivity (Wildman–Crippen MR) is 430 cm³/mol. The average molecular weight is 1570 g/mol. The molecule has 0 aromatic heterocycles. The molecule has 0 bridgehead atoms. The van der Waals surface area contributed by atoms with Crippen LogP contribution in [0.3, 0.4) is 0 Å². The summed E-state index contributed by atoms with van der Waals surface area (Å²) >= 11 is 0. The summed E-state index contributed by atoms with van der Waals surface area (Å²) in [6, 6.07) is 7.67. The van der Waals surface area contributed by atoms with Crippen molar-refractivity contribution in [3.05, 3.63) is 49.1 Å². The molecule has 1 saturated carbocycles. The average Bonchev–Trinajstić information content (AvgIpc) is 0.816. The summed E-state index contributed by atoms with van der Waals surface area (Å²) in [5.41, 5.74) is 1.17. The molecule has 0 saturated heterocycles. The summed E-state index contributed by atoms with van der Waals surface area (Å²) in [6.45, 7) is 61.9. The number of aliphatic hydroxyl groups is 1. The normalized spacial score (nSPS) is 14.8. The van der Waals surface area contributed by atoms with Crippen LogP contribution in [0.5, 0.6) is 0 Å². The van der Waals surface area contributed by atoms with Crippen molar-refractivity contribution in [2.24, 2.45) is 17.3 Å². The van der Waals surface area contributed by atoms with E-state index in [0.29, 0.717) is 139 Å². The van der Waals surface area contributed by atoms with E-state index >= 15 is 0 Å². The van der Waals surface area contributed by atoms with E-state index in [9.17, 15) is 28.8 Å². The fraction of sp³-hybridized carbons (Fsp3) is 0.786. The molecule has 0 radical (unpaired) electrons. The molecule has 0 aromatic rings. The van der Waals surface area contributed by atoms with Crippen molar-refractivity contribution >= 4 is 35.9 Å². The number of carbonyl (C=O) groups is 6. The highest BCUT2D eigenvalue weighted by atomic mass is 16.6. The first kappa shape index (κ1) is 116. The Kier molecular flexibility index (Phi) is 88.0. The van der Waals surface area contributed by atoms with Gasteiger partial charge < -0.3 is 76.7 Å². The monoisotopic (exact) mass is 1570 g/mol. The number of hydrogen-bond donors (Lipinski definition) is 2. The van der Waals surface area contributed by atoms with Gasteiger partial charge in [-0.05, 0) is 163 Å². The fourth-order valence-electron chi connectivity index (χ4n) is 7.52. The molecule has 2 N–H and O–H groups in total. The summed E-state index contributed by atoms with van der Waals surface area (Å²) in [5.74, 6) is -0.834. The van der Waals surface area contributed by atoms with Gasteiger partial charge in [-0.1, -0.05) is 115 Å². The first-order chi connectivity index (χ1) is 52.1. The van der Waals surface area contributed by atoms with Crippen molar-refractivity contribution in [2.75, 3.05) is 112 Å². The fourth-order valence-corrected chi connectivity index (χ4v) is 7.52. The Morgan fingerprint density at radius 3 is 1.31 bits per heavy atom. The number of rotatable bonds is 51. The molecular weight excluding hydrogens is 1410 g/mol. The van der Waals surface area contributed by atoms with Gasteiger partial charge in [0.25, 0.3) is 0 Å². The van der Waals surface area contributed by atoms with Gasteiger partial charge in [0, 0.05) is 43.6 Å². The van der Waals surface area contributed by atoms with Gasteiger partial charge in [-0.25, -0.2) is 24.0 Å². The number of amides is 1. The molecule has 26 nitrogen and oxygen atoms in total. The maximum atomic E-state index is 11.6. The predicted octanol–water partition coefficient (Wildman–Crippen LogP) is 16.4. The second-order valence-corrected chi connectivity index (χ2v) is 27.1. The Hall–Kier alpha value is -6.82. The van der Waals surface area contributed by atoms with Crippen LogP contribution in [0.15, 0.2) is 49.1 Å².